The molecule has 2 fully saturated rings. The lowest BCUT2D eigenvalue weighted by molar-refractivity contribution is -0.137. The number of amides is 2. The molecule has 1 N–H and O–H groups in total. The molecule has 0 atom stereocenters. The Morgan fingerprint density at radius 3 is 2.17 bits per heavy atom. The summed E-state index contributed by atoms with van der Waals surface area (Å²) in [5.41, 5.74) is 0. The topological polar surface area (TPSA) is 52.7 Å². The van der Waals surface area contributed by atoms with Crippen LogP contribution in [0, 0.1) is 11.8 Å². The first-order valence-corrected chi connectivity index (χ1v) is 9.34. The first kappa shape index (κ1) is 18.2. The van der Waals surface area contributed by atoms with E-state index in [2.05, 4.69) is 29.0 Å². The van der Waals surface area contributed by atoms with Crippen LogP contribution in [0.2, 0.25) is 0 Å². The molecule has 23 heavy (non-hydrogen) atoms. The van der Waals surface area contributed by atoms with E-state index in [0.29, 0.717) is 18.4 Å². The molecule has 2 aliphatic heterocycles. The fourth-order valence-electron chi connectivity index (χ4n) is 3.46. The van der Waals surface area contributed by atoms with Gasteiger partial charge >= 0.3 is 0 Å². The lowest BCUT2D eigenvalue weighted by Crippen LogP contribution is -2.46. The lowest BCUT2D eigenvalue weighted by atomic mass is 9.95. The summed E-state index contributed by atoms with van der Waals surface area (Å²) in [4.78, 5) is 28.8. The van der Waals surface area contributed by atoms with Gasteiger partial charge < -0.3 is 10.2 Å². The van der Waals surface area contributed by atoms with Crippen molar-refractivity contribution < 1.29 is 9.59 Å². The number of nitrogens with one attached hydrogen (secondary N) is 1. The van der Waals surface area contributed by atoms with Crippen molar-refractivity contribution in [2.45, 2.75) is 52.4 Å². The van der Waals surface area contributed by atoms with E-state index >= 15 is 0 Å². The van der Waals surface area contributed by atoms with Gasteiger partial charge in [0.05, 0.1) is 6.54 Å². The second-order valence-corrected chi connectivity index (χ2v) is 7.49. The largest absolute Gasteiger partial charge is 0.355 e. The van der Waals surface area contributed by atoms with E-state index in [0.717, 1.165) is 58.4 Å². The highest BCUT2D eigenvalue weighted by Crippen LogP contribution is 2.21. The van der Waals surface area contributed by atoms with Crippen molar-refractivity contribution in [3.8, 4) is 0 Å². The van der Waals surface area contributed by atoms with Gasteiger partial charge in [-0.05, 0) is 44.7 Å². The van der Waals surface area contributed by atoms with E-state index in [9.17, 15) is 9.59 Å². The summed E-state index contributed by atoms with van der Waals surface area (Å²) in [5, 5.41) is 2.97. The molecule has 0 spiro atoms. The molecule has 0 unspecified atom stereocenters. The molecule has 2 amide bonds. The fraction of sp³-hybridized carbons (Fsp3) is 0.889. The molecule has 132 valence electrons. The molecule has 2 aliphatic rings. The van der Waals surface area contributed by atoms with Crippen LogP contribution in [0.25, 0.3) is 0 Å². The number of nitrogens with zero attached hydrogens (tertiary/aromatic N) is 2. The maximum Gasteiger partial charge on any atom is 0.234 e. The van der Waals surface area contributed by atoms with Crippen LogP contribution >= 0.6 is 0 Å². The second kappa shape index (κ2) is 9.26. The Balaban J connectivity index is 1.70. The average molecular weight is 323 g/mol. The minimum absolute atomic E-state index is 0.107. The number of likely N-dealkylation sites (tertiary alicyclic amines) is 2. The van der Waals surface area contributed by atoms with E-state index < -0.39 is 0 Å². The van der Waals surface area contributed by atoms with Crippen LogP contribution in [0.4, 0.5) is 0 Å². The molecule has 2 heterocycles. The normalized spacial score (nSPS) is 21.3. The van der Waals surface area contributed by atoms with Crippen LogP contribution in [-0.4, -0.2) is 60.9 Å². The zero-order chi connectivity index (χ0) is 16.7. The summed E-state index contributed by atoms with van der Waals surface area (Å²) >= 11 is 0. The SMILES string of the molecule is CC(C)CNC(=O)CN1CCC(C(=O)N2CCCCCC2)CC1. The van der Waals surface area contributed by atoms with Crippen molar-refractivity contribution in [3.63, 3.8) is 0 Å². The molecular weight excluding hydrogens is 290 g/mol. The van der Waals surface area contributed by atoms with Gasteiger partial charge in [-0.3, -0.25) is 14.5 Å². The van der Waals surface area contributed by atoms with Crippen molar-refractivity contribution >= 4 is 11.8 Å². The van der Waals surface area contributed by atoms with Gasteiger partial charge in [0.25, 0.3) is 0 Å². The monoisotopic (exact) mass is 323 g/mol. The van der Waals surface area contributed by atoms with Gasteiger partial charge in [0.2, 0.25) is 11.8 Å². The van der Waals surface area contributed by atoms with Crippen LogP contribution in [-0.2, 0) is 9.59 Å². The van der Waals surface area contributed by atoms with Crippen LogP contribution in [0.3, 0.4) is 0 Å². The molecule has 0 saturated carbocycles. The number of hydrogen-bond acceptors (Lipinski definition) is 3. The molecule has 0 bridgehead atoms. The van der Waals surface area contributed by atoms with E-state index in [4.69, 9.17) is 0 Å². The third kappa shape index (κ3) is 6.13. The average Bonchev–Trinajstić information content (AvgIpc) is 2.82. The van der Waals surface area contributed by atoms with E-state index in [1.54, 1.807) is 0 Å². The highest BCUT2D eigenvalue weighted by Gasteiger charge is 2.29. The Morgan fingerprint density at radius 1 is 1.00 bits per heavy atom. The Hall–Kier alpha value is -1.10. The molecule has 0 aromatic rings. The zero-order valence-electron chi connectivity index (χ0n) is 14.9. The summed E-state index contributed by atoms with van der Waals surface area (Å²) in [6.45, 7) is 9.01. The molecular formula is C18H33N3O2. The molecule has 5 nitrogen and oxygen atoms in total. The highest BCUT2D eigenvalue weighted by molar-refractivity contribution is 5.79. The first-order valence-electron chi connectivity index (χ1n) is 9.34. The Labute approximate surface area is 140 Å². The standard InChI is InChI=1S/C18H33N3O2/c1-15(2)13-19-17(22)14-20-11-7-16(8-12-20)18(23)21-9-5-3-4-6-10-21/h15-16H,3-14H2,1-2H3,(H,19,22). The molecule has 0 aromatic heterocycles. The second-order valence-electron chi connectivity index (χ2n) is 7.49. The van der Waals surface area contributed by atoms with Crippen LogP contribution in [0.15, 0.2) is 0 Å². The van der Waals surface area contributed by atoms with Crippen molar-refractivity contribution in [1.82, 2.24) is 15.1 Å². The van der Waals surface area contributed by atoms with E-state index in [1.807, 2.05) is 0 Å². The Bertz CT molecular complexity index is 382. The molecule has 2 rings (SSSR count). The molecule has 2 saturated heterocycles. The predicted octanol–water partition coefficient (Wildman–Crippen LogP) is 1.87. The first-order chi connectivity index (χ1) is 11.1. The van der Waals surface area contributed by atoms with Crippen LogP contribution in [0.1, 0.15) is 52.4 Å². The molecule has 5 heteroatoms. The van der Waals surface area contributed by atoms with Crippen molar-refractivity contribution in [2.24, 2.45) is 11.8 Å². The van der Waals surface area contributed by atoms with Crippen molar-refractivity contribution in [1.29, 1.82) is 0 Å². The van der Waals surface area contributed by atoms with Gasteiger partial charge in [-0.25, -0.2) is 0 Å². The summed E-state index contributed by atoms with van der Waals surface area (Å²) in [7, 11) is 0. The minimum Gasteiger partial charge on any atom is -0.355 e. The van der Waals surface area contributed by atoms with Gasteiger partial charge in [0.15, 0.2) is 0 Å². The Kier molecular flexibility index (Phi) is 7.34. The zero-order valence-corrected chi connectivity index (χ0v) is 14.9. The Morgan fingerprint density at radius 2 is 1.61 bits per heavy atom. The maximum atomic E-state index is 12.6. The van der Waals surface area contributed by atoms with E-state index in [1.165, 1.54) is 12.8 Å². The van der Waals surface area contributed by atoms with Gasteiger partial charge in [-0.15, -0.1) is 0 Å². The number of carbonyl (C=O) groups excluding carboxylic acids is 2. The van der Waals surface area contributed by atoms with Gasteiger partial charge in [0.1, 0.15) is 0 Å². The summed E-state index contributed by atoms with van der Waals surface area (Å²) in [6.07, 6.45) is 6.61. The molecule has 0 radical (unpaired) electrons. The summed E-state index contributed by atoms with van der Waals surface area (Å²) in [5.74, 6) is 1.12. The molecule has 0 aliphatic carbocycles. The van der Waals surface area contributed by atoms with Gasteiger partial charge in [-0.2, -0.15) is 0 Å². The number of rotatable bonds is 5. The summed E-state index contributed by atoms with van der Waals surface area (Å²) in [6, 6.07) is 0. The van der Waals surface area contributed by atoms with Gasteiger partial charge in [-0.1, -0.05) is 26.7 Å². The maximum absolute atomic E-state index is 12.6. The minimum atomic E-state index is 0.107. The smallest absolute Gasteiger partial charge is 0.234 e. The quantitative estimate of drug-likeness (QED) is 0.840. The highest BCUT2D eigenvalue weighted by atomic mass is 16.2. The van der Waals surface area contributed by atoms with Crippen LogP contribution < -0.4 is 5.32 Å². The number of carbonyl (C=O) groups is 2. The van der Waals surface area contributed by atoms with Crippen LogP contribution in [0.5, 0.6) is 0 Å². The fourth-order valence-corrected chi connectivity index (χ4v) is 3.46. The van der Waals surface area contributed by atoms with Crippen molar-refractivity contribution in [2.75, 3.05) is 39.3 Å². The van der Waals surface area contributed by atoms with E-state index in [-0.39, 0.29) is 11.8 Å². The predicted molar refractivity (Wildman–Crippen MR) is 92.1 cm³/mol. The number of piperidine rings is 1. The summed E-state index contributed by atoms with van der Waals surface area (Å²) < 4.78 is 0. The number of hydrogen-bond donors (Lipinski definition) is 1. The lowest BCUT2D eigenvalue weighted by Gasteiger charge is -2.33. The van der Waals surface area contributed by atoms with Crippen molar-refractivity contribution in [3.05, 3.63) is 0 Å². The third-order valence-electron chi connectivity index (χ3n) is 4.93. The third-order valence-corrected chi connectivity index (χ3v) is 4.93. The van der Waals surface area contributed by atoms with Gasteiger partial charge in [0, 0.05) is 25.6 Å². The molecule has 0 aromatic carbocycles.